The molecular formula is C14H23N3O2. The minimum Gasteiger partial charge on any atom is -0.354 e. The highest BCUT2D eigenvalue weighted by atomic mass is 16.2. The first-order valence-electron chi connectivity index (χ1n) is 7.47. The largest absolute Gasteiger partial charge is 0.354 e. The van der Waals surface area contributed by atoms with Gasteiger partial charge in [0.25, 0.3) is 0 Å². The molecule has 0 aromatic carbocycles. The number of rotatable bonds is 2. The Balaban J connectivity index is 1.81. The van der Waals surface area contributed by atoms with Crippen LogP contribution >= 0.6 is 0 Å². The molecule has 0 radical (unpaired) electrons. The summed E-state index contributed by atoms with van der Waals surface area (Å²) < 4.78 is 0. The van der Waals surface area contributed by atoms with Crippen LogP contribution in [0.25, 0.3) is 0 Å². The molecule has 2 N–H and O–H groups in total. The number of piperidine rings is 1. The fourth-order valence-corrected chi connectivity index (χ4v) is 3.89. The van der Waals surface area contributed by atoms with Gasteiger partial charge in [-0.05, 0) is 32.2 Å². The molecule has 3 atom stereocenters. The van der Waals surface area contributed by atoms with Crippen molar-refractivity contribution in [1.82, 2.24) is 15.5 Å². The number of nitrogens with zero attached hydrogens (tertiary/aromatic N) is 1. The number of carbonyl (C=O) groups excluding carboxylic acids is 2. The minimum absolute atomic E-state index is 0.0287. The zero-order valence-corrected chi connectivity index (χ0v) is 11.6. The SMILES string of the molecule is CCC1(C(=O)N2CCCC3C(=O)NCC32)CCNC1. The van der Waals surface area contributed by atoms with Crippen LogP contribution in [0.5, 0.6) is 0 Å². The van der Waals surface area contributed by atoms with Crippen molar-refractivity contribution in [3.63, 3.8) is 0 Å². The summed E-state index contributed by atoms with van der Waals surface area (Å²) in [6.07, 6.45) is 3.69. The van der Waals surface area contributed by atoms with Gasteiger partial charge in [0.05, 0.1) is 17.4 Å². The van der Waals surface area contributed by atoms with Gasteiger partial charge in [-0.25, -0.2) is 0 Å². The maximum absolute atomic E-state index is 12.9. The summed E-state index contributed by atoms with van der Waals surface area (Å²) in [6, 6.07) is 0.0952. The second-order valence-electron chi connectivity index (χ2n) is 6.12. The lowest BCUT2D eigenvalue weighted by atomic mass is 9.80. The zero-order chi connectivity index (χ0) is 13.5. The smallest absolute Gasteiger partial charge is 0.230 e. The summed E-state index contributed by atoms with van der Waals surface area (Å²) in [6.45, 7) is 5.28. The van der Waals surface area contributed by atoms with E-state index in [-0.39, 0.29) is 29.2 Å². The lowest BCUT2D eigenvalue weighted by Crippen LogP contribution is -2.54. The van der Waals surface area contributed by atoms with Crippen LogP contribution in [-0.4, -0.2) is 48.9 Å². The highest BCUT2D eigenvalue weighted by molar-refractivity contribution is 5.87. The topological polar surface area (TPSA) is 61.4 Å². The maximum Gasteiger partial charge on any atom is 0.230 e. The number of nitrogens with one attached hydrogen (secondary N) is 2. The van der Waals surface area contributed by atoms with Gasteiger partial charge in [-0.15, -0.1) is 0 Å². The summed E-state index contributed by atoms with van der Waals surface area (Å²) >= 11 is 0. The second kappa shape index (κ2) is 4.78. The van der Waals surface area contributed by atoms with E-state index < -0.39 is 0 Å². The monoisotopic (exact) mass is 265 g/mol. The predicted molar refractivity (Wildman–Crippen MR) is 71.4 cm³/mol. The normalized spacial score (nSPS) is 38.2. The molecule has 5 heteroatoms. The maximum atomic E-state index is 12.9. The van der Waals surface area contributed by atoms with Gasteiger partial charge in [0, 0.05) is 19.6 Å². The first kappa shape index (κ1) is 12.9. The molecule has 5 nitrogen and oxygen atoms in total. The van der Waals surface area contributed by atoms with Crippen LogP contribution in [0.4, 0.5) is 0 Å². The van der Waals surface area contributed by atoms with E-state index in [1.54, 1.807) is 0 Å². The van der Waals surface area contributed by atoms with Crippen LogP contribution in [0.2, 0.25) is 0 Å². The van der Waals surface area contributed by atoms with Crippen molar-refractivity contribution in [3.05, 3.63) is 0 Å². The van der Waals surface area contributed by atoms with Crippen molar-refractivity contribution < 1.29 is 9.59 Å². The Morgan fingerprint density at radius 3 is 3.05 bits per heavy atom. The number of hydrogen-bond donors (Lipinski definition) is 2. The molecule has 3 heterocycles. The molecule has 0 saturated carbocycles. The molecule has 3 aliphatic heterocycles. The van der Waals surface area contributed by atoms with Gasteiger partial charge in [-0.1, -0.05) is 6.92 Å². The fourth-order valence-electron chi connectivity index (χ4n) is 3.89. The lowest BCUT2D eigenvalue weighted by molar-refractivity contribution is -0.146. The third-order valence-electron chi connectivity index (χ3n) is 5.24. The third-order valence-corrected chi connectivity index (χ3v) is 5.24. The fraction of sp³-hybridized carbons (Fsp3) is 0.857. The van der Waals surface area contributed by atoms with E-state index in [2.05, 4.69) is 17.6 Å². The van der Waals surface area contributed by atoms with Crippen LogP contribution in [0.15, 0.2) is 0 Å². The number of carbonyl (C=O) groups is 2. The van der Waals surface area contributed by atoms with Crippen molar-refractivity contribution in [1.29, 1.82) is 0 Å². The molecule has 0 spiro atoms. The van der Waals surface area contributed by atoms with Crippen molar-refractivity contribution >= 4 is 11.8 Å². The van der Waals surface area contributed by atoms with Gasteiger partial charge in [0.2, 0.25) is 11.8 Å². The zero-order valence-electron chi connectivity index (χ0n) is 11.6. The first-order chi connectivity index (χ1) is 9.18. The van der Waals surface area contributed by atoms with Crippen molar-refractivity contribution in [2.24, 2.45) is 11.3 Å². The third kappa shape index (κ3) is 1.95. The molecule has 2 amide bonds. The molecule has 0 aromatic heterocycles. The molecule has 106 valence electrons. The number of amides is 2. The van der Waals surface area contributed by atoms with Gasteiger partial charge < -0.3 is 15.5 Å². The molecule has 0 aliphatic carbocycles. The molecule has 3 fully saturated rings. The Kier molecular flexibility index (Phi) is 3.25. The number of fused-ring (bicyclic) bond motifs is 1. The van der Waals surface area contributed by atoms with Gasteiger partial charge in [0.15, 0.2) is 0 Å². The number of hydrogen-bond acceptors (Lipinski definition) is 3. The Morgan fingerprint density at radius 2 is 2.37 bits per heavy atom. The van der Waals surface area contributed by atoms with Gasteiger partial charge >= 0.3 is 0 Å². The molecule has 3 rings (SSSR count). The average Bonchev–Trinajstić information content (AvgIpc) is 3.06. The average molecular weight is 265 g/mol. The van der Waals surface area contributed by atoms with Crippen LogP contribution in [0, 0.1) is 11.3 Å². The summed E-state index contributed by atoms with van der Waals surface area (Å²) in [5.74, 6) is 0.435. The minimum atomic E-state index is -0.229. The van der Waals surface area contributed by atoms with Crippen LogP contribution in [0.3, 0.4) is 0 Å². The van der Waals surface area contributed by atoms with Crippen LogP contribution in [-0.2, 0) is 9.59 Å². The summed E-state index contributed by atoms with van der Waals surface area (Å²) in [7, 11) is 0. The standard InChI is InChI=1S/C14H23N3O2/c1-2-14(5-6-15-9-14)13(19)17-7-3-4-10-11(17)8-16-12(10)18/h10-11,15H,2-9H2,1H3,(H,16,18). The second-order valence-corrected chi connectivity index (χ2v) is 6.12. The van der Waals surface area contributed by atoms with Crippen molar-refractivity contribution in [2.45, 2.75) is 38.6 Å². The van der Waals surface area contributed by atoms with Crippen LogP contribution < -0.4 is 10.6 Å². The Morgan fingerprint density at radius 1 is 1.53 bits per heavy atom. The molecular weight excluding hydrogens is 242 g/mol. The highest BCUT2D eigenvalue weighted by Gasteiger charge is 2.48. The Bertz CT molecular complexity index is 390. The van der Waals surface area contributed by atoms with E-state index in [4.69, 9.17) is 0 Å². The summed E-state index contributed by atoms with van der Waals surface area (Å²) in [5, 5.41) is 6.24. The number of likely N-dealkylation sites (tertiary alicyclic amines) is 1. The van der Waals surface area contributed by atoms with Crippen LogP contribution in [0.1, 0.15) is 32.6 Å². The van der Waals surface area contributed by atoms with E-state index in [1.807, 2.05) is 4.90 Å². The molecule has 19 heavy (non-hydrogen) atoms. The molecule has 3 saturated heterocycles. The van der Waals surface area contributed by atoms with E-state index in [0.717, 1.165) is 45.3 Å². The summed E-state index contributed by atoms with van der Waals surface area (Å²) in [5.41, 5.74) is -0.229. The molecule has 3 unspecified atom stereocenters. The van der Waals surface area contributed by atoms with E-state index >= 15 is 0 Å². The van der Waals surface area contributed by atoms with Gasteiger partial charge in [-0.2, -0.15) is 0 Å². The Hall–Kier alpha value is -1.10. The first-order valence-corrected chi connectivity index (χ1v) is 7.47. The quantitative estimate of drug-likeness (QED) is 0.745. The van der Waals surface area contributed by atoms with E-state index in [0.29, 0.717) is 6.54 Å². The van der Waals surface area contributed by atoms with Gasteiger partial charge in [-0.3, -0.25) is 9.59 Å². The van der Waals surface area contributed by atoms with Gasteiger partial charge in [0.1, 0.15) is 0 Å². The molecule has 0 bridgehead atoms. The van der Waals surface area contributed by atoms with Crippen molar-refractivity contribution in [2.75, 3.05) is 26.2 Å². The van der Waals surface area contributed by atoms with E-state index in [1.165, 1.54) is 0 Å². The highest BCUT2D eigenvalue weighted by Crippen LogP contribution is 2.36. The molecule has 0 aromatic rings. The van der Waals surface area contributed by atoms with Crippen molar-refractivity contribution in [3.8, 4) is 0 Å². The Labute approximate surface area is 114 Å². The van der Waals surface area contributed by atoms with E-state index in [9.17, 15) is 9.59 Å². The lowest BCUT2D eigenvalue weighted by Gasteiger charge is -2.41. The summed E-state index contributed by atoms with van der Waals surface area (Å²) in [4.78, 5) is 26.7. The molecule has 3 aliphatic rings. The predicted octanol–water partition coefficient (Wildman–Crippen LogP) is 0.113.